The number of hydrogen-bond donors (Lipinski definition) is 0. The second-order valence-corrected chi connectivity index (χ2v) is 14.7. The van der Waals surface area contributed by atoms with Gasteiger partial charge in [0.2, 0.25) is 0 Å². The fourth-order valence-electron chi connectivity index (χ4n) is 8.48. The third-order valence-electron chi connectivity index (χ3n) is 11.3. The summed E-state index contributed by atoms with van der Waals surface area (Å²) in [6, 6.07) is 68.4. The highest BCUT2D eigenvalue weighted by atomic mass is 15.1. The van der Waals surface area contributed by atoms with E-state index in [4.69, 9.17) is 0 Å². The van der Waals surface area contributed by atoms with Gasteiger partial charge in [-0.2, -0.15) is 0 Å². The lowest BCUT2D eigenvalue weighted by molar-refractivity contribution is 1.28. The monoisotopic (exact) mass is 728 g/mol. The minimum atomic E-state index is 1.10. The highest BCUT2D eigenvalue weighted by Gasteiger charge is 2.21. The number of para-hydroxylation sites is 2. The number of anilines is 3. The fourth-order valence-corrected chi connectivity index (χ4v) is 8.48. The lowest BCUT2D eigenvalue weighted by atomic mass is 9.97. The van der Waals surface area contributed by atoms with Crippen LogP contribution in [0.2, 0.25) is 0 Å². The van der Waals surface area contributed by atoms with Gasteiger partial charge in [0.25, 0.3) is 0 Å². The van der Waals surface area contributed by atoms with Crippen LogP contribution in [0.25, 0.3) is 77.0 Å². The van der Waals surface area contributed by atoms with E-state index in [1.807, 2.05) is 12.2 Å². The largest absolute Gasteiger partial charge is 0.310 e. The van der Waals surface area contributed by atoms with E-state index in [1.165, 1.54) is 82.6 Å². The van der Waals surface area contributed by atoms with Crippen LogP contribution in [0, 0.1) is 0 Å². The zero-order valence-corrected chi connectivity index (χ0v) is 31.8. The van der Waals surface area contributed by atoms with Crippen LogP contribution >= 0.6 is 0 Å². The van der Waals surface area contributed by atoms with Crippen LogP contribution in [-0.4, -0.2) is 4.40 Å². The van der Waals surface area contributed by atoms with Gasteiger partial charge >= 0.3 is 0 Å². The molecule has 0 unspecified atom stereocenters. The third kappa shape index (κ3) is 6.00. The average Bonchev–Trinajstić information content (AvgIpc) is 3.79. The number of benzene rings is 8. The molecule has 2 nitrogen and oxygen atoms in total. The Kier molecular flexibility index (Phi) is 8.58. The first-order valence-electron chi connectivity index (χ1n) is 19.6. The van der Waals surface area contributed by atoms with Gasteiger partial charge in [0.1, 0.15) is 0 Å². The number of nitrogens with zero attached hydrogens (tertiary/aromatic N) is 2. The summed E-state index contributed by atoms with van der Waals surface area (Å²) in [6.45, 7) is 6.04. The van der Waals surface area contributed by atoms with Gasteiger partial charge in [-0.3, -0.25) is 0 Å². The Morgan fingerprint density at radius 3 is 1.65 bits per heavy atom. The lowest BCUT2D eigenvalue weighted by Crippen LogP contribution is -2.11. The molecule has 0 atom stereocenters. The van der Waals surface area contributed by atoms with Crippen molar-refractivity contribution in [2.75, 3.05) is 4.90 Å². The van der Waals surface area contributed by atoms with Crippen molar-refractivity contribution >= 4 is 60.7 Å². The maximum absolute atomic E-state index is 3.85. The van der Waals surface area contributed by atoms with Crippen molar-refractivity contribution in [3.8, 4) is 33.4 Å². The summed E-state index contributed by atoms with van der Waals surface area (Å²) in [5, 5.41) is 5.06. The predicted molar refractivity (Wildman–Crippen MR) is 245 cm³/mol. The number of fused-ring (bicyclic) bond motifs is 6. The summed E-state index contributed by atoms with van der Waals surface area (Å²) in [6.07, 6.45) is 8.03. The molecule has 10 rings (SSSR count). The van der Waals surface area contributed by atoms with Gasteiger partial charge in [-0.1, -0.05) is 158 Å². The first kappa shape index (κ1) is 34.1. The standard InChI is InChI=1S/C55H40N2/c1-3-4-7-16-38(2)44-36-50-48-22-13-15-24-53(48)57-54-34-29-43(35-49(54)51(37-44)55(50)57)47-21-12-14-23-52(47)56(45-30-25-41(26-31-45)39-17-8-5-9-18-39)46-32-27-42(28-33-46)40-19-10-6-11-20-40/h3-37H,1H2,2H3/b7-4-,38-16+. The van der Waals surface area contributed by atoms with Crippen molar-refractivity contribution in [3.63, 3.8) is 0 Å². The van der Waals surface area contributed by atoms with E-state index >= 15 is 0 Å². The molecule has 2 aromatic heterocycles. The van der Waals surface area contributed by atoms with Gasteiger partial charge in [0.05, 0.1) is 22.2 Å². The molecular formula is C55H40N2. The number of hydrogen-bond acceptors (Lipinski definition) is 1. The van der Waals surface area contributed by atoms with Crippen molar-refractivity contribution in [1.82, 2.24) is 4.40 Å². The zero-order valence-electron chi connectivity index (χ0n) is 31.8. The van der Waals surface area contributed by atoms with Crippen molar-refractivity contribution in [2.45, 2.75) is 6.92 Å². The molecule has 2 heteroatoms. The van der Waals surface area contributed by atoms with Gasteiger partial charge in [-0.25, -0.2) is 0 Å². The van der Waals surface area contributed by atoms with Crippen LogP contribution in [0.15, 0.2) is 219 Å². The van der Waals surface area contributed by atoms with E-state index in [-0.39, 0.29) is 0 Å². The van der Waals surface area contributed by atoms with E-state index in [9.17, 15) is 0 Å². The molecular weight excluding hydrogens is 689 g/mol. The molecule has 0 radical (unpaired) electrons. The van der Waals surface area contributed by atoms with Crippen molar-refractivity contribution in [3.05, 3.63) is 225 Å². The number of allylic oxidation sites excluding steroid dienone is 5. The number of rotatable bonds is 9. The summed E-state index contributed by atoms with van der Waals surface area (Å²) in [4.78, 5) is 2.40. The van der Waals surface area contributed by atoms with Crippen molar-refractivity contribution < 1.29 is 0 Å². The summed E-state index contributed by atoms with van der Waals surface area (Å²) >= 11 is 0. The van der Waals surface area contributed by atoms with Crippen LogP contribution in [-0.2, 0) is 0 Å². The van der Waals surface area contributed by atoms with Crippen molar-refractivity contribution in [1.29, 1.82) is 0 Å². The average molecular weight is 729 g/mol. The Bertz CT molecular complexity index is 3030. The molecule has 0 saturated carbocycles. The topological polar surface area (TPSA) is 7.65 Å². The Morgan fingerprint density at radius 2 is 1.00 bits per heavy atom. The van der Waals surface area contributed by atoms with Crippen LogP contribution in [0.5, 0.6) is 0 Å². The molecule has 0 aliphatic carbocycles. The minimum absolute atomic E-state index is 1.10. The van der Waals surface area contributed by atoms with Crippen LogP contribution < -0.4 is 4.90 Å². The Balaban J connectivity index is 1.16. The molecule has 0 saturated heterocycles. The Morgan fingerprint density at radius 1 is 0.474 bits per heavy atom. The Hall–Kier alpha value is -7.42. The lowest BCUT2D eigenvalue weighted by Gasteiger charge is -2.28. The second-order valence-electron chi connectivity index (χ2n) is 14.7. The predicted octanol–water partition coefficient (Wildman–Crippen LogP) is 15.5. The molecule has 0 amide bonds. The molecule has 0 aliphatic rings. The third-order valence-corrected chi connectivity index (χ3v) is 11.3. The summed E-state index contributed by atoms with van der Waals surface area (Å²) in [5.41, 5.74) is 16.6. The van der Waals surface area contributed by atoms with E-state index in [0.29, 0.717) is 0 Å². The SMILES string of the molecule is C=C/C=C\C=C(/C)c1cc2c3ccccc3n3c4ccc(-c5ccccc5N(c5ccc(-c6ccccc6)cc5)c5ccc(-c6ccccc6)cc5)cc4c(c1)c23. The van der Waals surface area contributed by atoms with E-state index in [2.05, 4.69) is 223 Å². The maximum Gasteiger partial charge on any atom is 0.0620 e. The summed E-state index contributed by atoms with van der Waals surface area (Å²) < 4.78 is 2.46. The molecule has 0 bridgehead atoms. The smallest absolute Gasteiger partial charge is 0.0620 e. The van der Waals surface area contributed by atoms with Gasteiger partial charge in [0, 0.05) is 38.5 Å². The van der Waals surface area contributed by atoms with Gasteiger partial charge < -0.3 is 9.30 Å². The van der Waals surface area contributed by atoms with Crippen LogP contribution in [0.3, 0.4) is 0 Å². The van der Waals surface area contributed by atoms with Crippen LogP contribution in [0.4, 0.5) is 17.1 Å². The van der Waals surface area contributed by atoms with Crippen molar-refractivity contribution in [2.24, 2.45) is 0 Å². The molecule has 8 aromatic carbocycles. The molecule has 0 aliphatic heterocycles. The van der Waals surface area contributed by atoms with E-state index in [0.717, 1.165) is 17.1 Å². The van der Waals surface area contributed by atoms with Gasteiger partial charge in [0.15, 0.2) is 0 Å². The molecule has 10 aromatic rings. The molecule has 0 fully saturated rings. The number of aromatic nitrogens is 1. The molecule has 270 valence electrons. The zero-order chi connectivity index (χ0) is 38.3. The maximum atomic E-state index is 3.85. The fraction of sp³-hybridized carbons (Fsp3) is 0.0182. The molecule has 57 heavy (non-hydrogen) atoms. The molecule has 0 spiro atoms. The quantitative estimate of drug-likeness (QED) is 0.134. The van der Waals surface area contributed by atoms with Crippen LogP contribution in [0.1, 0.15) is 12.5 Å². The Labute approximate surface area is 333 Å². The first-order chi connectivity index (χ1) is 28.2. The van der Waals surface area contributed by atoms with E-state index < -0.39 is 0 Å². The first-order valence-corrected chi connectivity index (χ1v) is 19.6. The molecule has 2 heterocycles. The summed E-state index contributed by atoms with van der Waals surface area (Å²) in [5.74, 6) is 0. The van der Waals surface area contributed by atoms with E-state index in [1.54, 1.807) is 0 Å². The van der Waals surface area contributed by atoms with Gasteiger partial charge in [-0.05, 0) is 107 Å². The normalized spacial score (nSPS) is 12.1. The second kappa shape index (κ2) is 14.3. The highest BCUT2D eigenvalue weighted by molar-refractivity contribution is 6.24. The summed E-state index contributed by atoms with van der Waals surface area (Å²) in [7, 11) is 0. The molecule has 0 N–H and O–H groups in total. The minimum Gasteiger partial charge on any atom is -0.310 e. The van der Waals surface area contributed by atoms with Gasteiger partial charge in [-0.15, -0.1) is 0 Å². The highest BCUT2D eigenvalue weighted by Crippen LogP contribution is 2.45.